The van der Waals surface area contributed by atoms with E-state index in [4.69, 9.17) is 10.00 Å². The first-order valence-corrected chi connectivity index (χ1v) is 7.04. The van der Waals surface area contributed by atoms with E-state index in [1.807, 2.05) is 38.1 Å². The summed E-state index contributed by atoms with van der Waals surface area (Å²) >= 11 is 0. The Balaban J connectivity index is 2.06. The summed E-state index contributed by atoms with van der Waals surface area (Å²) in [7, 11) is 0. The van der Waals surface area contributed by atoms with Gasteiger partial charge in [-0.3, -0.25) is 4.79 Å². The standard InChI is InChI=1S/C18H18N2O2/c1-12-7-8-13(2)17(9-12)22-14(3)18(21)20-16-6-4-5-15(10-16)11-19/h4-10,14H,1-3H3,(H,20,21). The monoisotopic (exact) mass is 294 g/mol. The van der Waals surface area contributed by atoms with Crippen LogP contribution in [0.15, 0.2) is 42.5 Å². The summed E-state index contributed by atoms with van der Waals surface area (Å²) in [6, 6.07) is 14.7. The molecule has 0 aliphatic heterocycles. The van der Waals surface area contributed by atoms with Crippen LogP contribution in [0.4, 0.5) is 5.69 Å². The predicted molar refractivity (Wildman–Crippen MR) is 85.8 cm³/mol. The number of nitrogens with one attached hydrogen (secondary N) is 1. The molecule has 1 N–H and O–H groups in total. The first-order valence-electron chi connectivity index (χ1n) is 7.04. The number of aryl methyl sites for hydroxylation is 2. The molecule has 0 aromatic heterocycles. The number of nitriles is 1. The number of carbonyl (C=O) groups is 1. The van der Waals surface area contributed by atoms with Crippen molar-refractivity contribution in [2.24, 2.45) is 0 Å². The van der Waals surface area contributed by atoms with Gasteiger partial charge in [-0.1, -0.05) is 18.2 Å². The zero-order valence-corrected chi connectivity index (χ0v) is 12.9. The van der Waals surface area contributed by atoms with E-state index in [-0.39, 0.29) is 5.91 Å². The Bertz CT molecular complexity index is 732. The van der Waals surface area contributed by atoms with Crippen molar-refractivity contribution in [3.8, 4) is 11.8 Å². The van der Waals surface area contributed by atoms with E-state index in [2.05, 4.69) is 5.32 Å². The fraction of sp³-hybridized carbons (Fsp3) is 0.222. The number of rotatable bonds is 4. The maximum absolute atomic E-state index is 12.2. The highest BCUT2D eigenvalue weighted by atomic mass is 16.5. The van der Waals surface area contributed by atoms with E-state index < -0.39 is 6.10 Å². The van der Waals surface area contributed by atoms with Gasteiger partial charge in [0.15, 0.2) is 6.10 Å². The van der Waals surface area contributed by atoms with Crippen molar-refractivity contribution in [2.45, 2.75) is 26.9 Å². The Kier molecular flexibility index (Phi) is 4.80. The number of anilines is 1. The average molecular weight is 294 g/mol. The van der Waals surface area contributed by atoms with E-state index >= 15 is 0 Å². The molecule has 1 unspecified atom stereocenters. The molecule has 0 fully saturated rings. The van der Waals surface area contributed by atoms with Crippen molar-refractivity contribution >= 4 is 11.6 Å². The highest BCUT2D eigenvalue weighted by Gasteiger charge is 2.16. The molecular formula is C18H18N2O2. The van der Waals surface area contributed by atoms with Crippen LogP contribution >= 0.6 is 0 Å². The molecule has 0 saturated carbocycles. The fourth-order valence-corrected chi connectivity index (χ4v) is 1.99. The Morgan fingerprint density at radius 3 is 2.73 bits per heavy atom. The van der Waals surface area contributed by atoms with Crippen LogP contribution in [0.5, 0.6) is 5.75 Å². The summed E-state index contributed by atoms with van der Waals surface area (Å²) in [6.45, 7) is 5.62. The molecule has 0 saturated heterocycles. The number of amides is 1. The molecule has 112 valence electrons. The molecule has 22 heavy (non-hydrogen) atoms. The minimum atomic E-state index is -0.633. The zero-order chi connectivity index (χ0) is 16.1. The van der Waals surface area contributed by atoms with Gasteiger partial charge in [0.1, 0.15) is 5.75 Å². The number of hydrogen-bond donors (Lipinski definition) is 1. The van der Waals surface area contributed by atoms with Crippen LogP contribution in [0.2, 0.25) is 0 Å². The minimum absolute atomic E-state index is 0.254. The first kappa shape index (κ1) is 15.6. The van der Waals surface area contributed by atoms with Crippen molar-refractivity contribution in [3.05, 3.63) is 59.2 Å². The lowest BCUT2D eigenvalue weighted by Gasteiger charge is -2.16. The van der Waals surface area contributed by atoms with Crippen LogP contribution in [0.3, 0.4) is 0 Å². The molecule has 1 amide bonds. The number of ether oxygens (including phenoxy) is 1. The molecule has 0 aliphatic rings. The highest BCUT2D eigenvalue weighted by molar-refractivity contribution is 5.94. The Labute approximate surface area is 130 Å². The third kappa shape index (κ3) is 3.86. The summed E-state index contributed by atoms with van der Waals surface area (Å²) in [5.74, 6) is 0.449. The average Bonchev–Trinajstić information content (AvgIpc) is 2.51. The number of benzene rings is 2. The molecule has 4 heteroatoms. The van der Waals surface area contributed by atoms with Crippen molar-refractivity contribution in [2.75, 3.05) is 5.32 Å². The fourth-order valence-electron chi connectivity index (χ4n) is 1.99. The van der Waals surface area contributed by atoms with E-state index in [0.29, 0.717) is 17.0 Å². The van der Waals surface area contributed by atoms with E-state index in [9.17, 15) is 4.79 Å². The second-order valence-electron chi connectivity index (χ2n) is 5.21. The van der Waals surface area contributed by atoms with Crippen LogP contribution in [-0.2, 0) is 4.79 Å². The lowest BCUT2D eigenvalue weighted by atomic mass is 10.1. The molecule has 2 aromatic carbocycles. The number of hydrogen-bond acceptors (Lipinski definition) is 3. The van der Waals surface area contributed by atoms with Gasteiger partial charge < -0.3 is 10.1 Å². The SMILES string of the molecule is Cc1ccc(C)c(OC(C)C(=O)Nc2cccc(C#N)c2)c1. The molecule has 0 radical (unpaired) electrons. The van der Waals surface area contributed by atoms with Crippen molar-refractivity contribution < 1.29 is 9.53 Å². The lowest BCUT2D eigenvalue weighted by Crippen LogP contribution is -2.30. The third-order valence-corrected chi connectivity index (χ3v) is 3.28. The first-order chi connectivity index (χ1) is 10.5. The Morgan fingerprint density at radius 2 is 2.00 bits per heavy atom. The second-order valence-corrected chi connectivity index (χ2v) is 5.21. The minimum Gasteiger partial charge on any atom is -0.481 e. The smallest absolute Gasteiger partial charge is 0.265 e. The molecule has 0 heterocycles. The topological polar surface area (TPSA) is 62.1 Å². The Morgan fingerprint density at radius 1 is 1.23 bits per heavy atom. The van der Waals surface area contributed by atoms with Crippen LogP contribution in [0.25, 0.3) is 0 Å². The van der Waals surface area contributed by atoms with Gasteiger partial charge in [-0.25, -0.2) is 0 Å². The molecule has 0 aliphatic carbocycles. The molecule has 0 bridgehead atoms. The van der Waals surface area contributed by atoms with Gasteiger partial charge in [-0.2, -0.15) is 5.26 Å². The summed E-state index contributed by atoms with van der Waals surface area (Å²) < 4.78 is 5.74. The molecular weight excluding hydrogens is 276 g/mol. The van der Waals surface area contributed by atoms with E-state index in [0.717, 1.165) is 11.1 Å². The van der Waals surface area contributed by atoms with Crippen molar-refractivity contribution in [1.29, 1.82) is 5.26 Å². The van der Waals surface area contributed by atoms with Gasteiger partial charge in [0.25, 0.3) is 5.91 Å². The van der Waals surface area contributed by atoms with Gasteiger partial charge in [0, 0.05) is 5.69 Å². The van der Waals surface area contributed by atoms with Crippen LogP contribution < -0.4 is 10.1 Å². The molecule has 0 spiro atoms. The van der Waals surface area contributed by atoms with E-state index in [1.165, 1.54) is 0 Å². The van der Waals surface area contributed by atoms with Crippen LogP contribution in [-0.4, -0.2) is 12.0 Å². The summed E-state index contributed by atoms with van der Waals surface area (Å²) in [5, 5.41) is 11.6. The quantitative estimate of drug-likeness (QED) is 0.937. The molecule has 1 atom stereocenters. The normalized spacial score (nSPS) is 11.4. The molecule has 4 nitrogen and oxygen atoms in total. The number of carbonyl (C=O) groups excluding carboxylic acids is 1. The highest BCUT2D eigenvalue weighted by Crippen LogP contribution is 2.21. The summed E-state index contributed by atoms with van der Waals surface area (Å²) in [6.07, 6.45) is -0.633. The van der Waals surface area contributed by atoms with Crippen LogP contribution in [0, 0.1) is 25.2 Å². The Hall–Kier alpha value is -2.80. The predicted octanol–water partition coefficient (Wildman–Crippen LogP) is 3.58. The number of nitrogens with zero attached hydrogens (tertiary/aromatic N) is 1. The second kappa shape index (κ2) is 6.77. The van der Waals surface area contributed by atoms with Gasteiger partial charge in [0.05, 0.1) is 11.6 Å². The summed E-state index contributed by atoms with van der Waals surface area (Å²) in [5.41, 5.74) is 3.15. The van der Waals surface area contributed by atoms with Gasteiger partial charge in [-0.15, -0.1) is 0 Å². The van der Waals surface area contributed by atoms with E-state index in [1.54, 1.807) is 31.2 Å². The lowest BCUT2D eigenvalue weighted by molar-refractivity contribution is -0.122. The third-order valence-electron chi connectivity index (χ3n) is 3.28. The van der Waals surface area contributed by atoms with Gasteiger partial charge >= 0.3 is 0 Å². The zero-order valence-electron chi connectivity index (χ0n) is 12.9. The van der Waals surface area contributed by atoms with Crippen molar-refractivity contribution in [3.63, 3.8) is 0 Å². The van der Waals surface area contributed by atoms with Gasteiger partial charge in [0.2, 0.25) is 0 Å². The maximum atomic E-state index is 12.2. The largest absolute Gasteiger partial charge is 0.481 e. The molecule has 2 aromatic rings. The van der Waals surface area contributed by atoms with Crippen molar-refractivity contribution in [1.82, 2.24) is 0 Å². The van der Waals surface area contributed by atoms with Gasteiger partial charge in [-0.05, 0) is 56.2 Å². The maximum Gasteiger partial charge on any atom is 0.265 e. The van der Waals surface area contributed by atoms with Crippen LogP contribution in [0.1, 0.15) is 23.6 Å². The summed E-state index contributed by atoms with van der Waals surface area (Å²) in [4.78, 5) is 12.2. The molecule has 2 rings (SSSR count).